The van der Waals surface area contributed by atoms with Crippen LogP contribution in [0.5, 0.6) is 0 Å². The van der Waals surface area contributed by atoms with Crippen molar-refractivity contribution >= 4 is 20.4 Å². The van der Waals surface area contributed by atoms with E-state index in [1.807, 2.05) is 18.2 Å². The fourth-order valence-electron chi connectivity index (χ4n) is 1.76. The molecule has 0 fully saturated rings. The van der Waals surface area contributed by atoms with Crippen molar-refractivity contribution in [2.24, 2.45) is 0 Å². The predicted molar refractivity (Wildman–Crippen MR) is 90.0 cm³/mol. The Morgan fingerprint density at radius 3 is 1.71 bits per heavy atom. The Balaban J connectivity index is 2.86. The Labute approximate surface area is 132 Å². The van der Waals surface area contributed by atoms with Crippen molar-refractivity contribution in [1.29, 1.82) is 0 Å². The minimum absolute atomic E-state index is 0.687. The summed E-state index contributed by atoms with van der Waals surface area (Å²) in [6, 6.07) is 10.2. The van der Waals surface area contributed by atoms with E-state index >= 15 is 0 Å². The normalized spacial score (nSPS) is 12.1. The molecule has 0 radical (unpaired) electrons. The van der Waals surface area contributed by atoms with Crippen molar-refractivity contribution in [1.82, 2.24) is 0 Å². The fraction of sp³-hybridized carbons (Fsp3) is 0.529. The SMILES string of the molecule is CCC[O][Ge]([CH]=Cc1ccccc1)([O]CCC)[O]CCC. The molecular weight excluding hydrogens is 325 g/mol. The molecule has 1 aromatic carbocycles. The minimum atomic E-state index is -3.30. The van der Waals surface area contributed by atoms with Crippen LogP contribution in [-0.4, -0.2) is 34.1 Å². The number of rotatable bonds is 11. The summed E-state index contributed by atoms with van der Waals surface area (Å²) in [5.41, 5.74) is 1.15. The first kappa shape index (κ1) is 18.4. The van der Waals surface area contributed by atoms with Gasteiger partial charge in [-0.05, 0) is 0 Å². The average molecular weight is 353 g/mol. The third-order valence-electron chi connectivity index (χ3n) is 2.80. The predicted octanol–water partition coefficient (Wildman–Crippen LogP) is 4.46. The Morgan fingerprint density at radius 2 is 1.29 bits per heavy atom. The summed E-state index contributed by atoms with van der Waals surface area (Å²) >= 11 is -3.30. The van der Waals surface area contributed by atoms with Crippen LogP contribution >= 0.6 is 0 Å². The molecule has 4 heteroatoms. The van der Waals surface area contributed by atoms with Crippen molar-refractivity contribution in [2.75, 3.05) is 19.8 Å². The molecule has 1 rings (SSSR count). The van der Waals surface area contributed by atoms with Crippen LogP contribution < -0.4 is 0 Å². The molecule has 0 aromatic heterocycles. The molecule has 0 N–H and O–H groups in total. The van der Waals surface area contributed by atoms with Gasteiger partial charge in [0, 0.05) is 0 Å². The van der Waals surface area contributed by atoms with Crippen LogP contribution in [0.3, 0.4) is 0 Å². The second-order valence-electron chi connectivity index (χ2n) is 4.89. The summed E-state index contributed by atoms with van der Waals surface area (Å²) in [5, 5.41) is 0. The summed E-state index contributed by atoms with van der Waals surface area (Å²) in [6.07, 6.45) is 4.98. The first-order valence-corrected chi connectivity index (χ1v) is 11.7. The molecule has 0 saturated heterocycles. The van der Waals surface area contributed by atoms with Crippen molar-refractivity contribution in [3.63, 3.8) is 0 Å². The van der Waals surface area contributed by atoms with Crippen molar-refractivity contribution in [2.45, 2.75) is 40.0 Å². The molecule has 0 atom stereocenters. The second-order valence-corrected chi connectivity index (χ2v) is 9.94. The van der Waals surface area contributed by atoms with Crippen LogP contribution in [0.1, 0.15) is 45.6 Å². The molecule has 0 aliphatic heterocycles. The van der Waals surface area contributed by atoms with Crippen LogP contribution in [0.2, 0.25) is 0 Å². The third-order valence-corrected chi connectivity index (χ3v) is 7.83. The van der Waals surface area contributed by atoms with E-state index in [0.29, 0.717) is 19.8 Å². The van der Waals surface area contributed by atoms with E-state index < -0.39 is 14.3 Å². The summed E-state index contributed by atoms with van der Waals surface area (Å²) in [5.74, 6) is 0. The molecule has 21 heavy (non-hydrogen) atoms. The van der Waals surface area contributed by atoms with Gasteiger partial charge < -0.3 is 0 Å². The van der Waals surface area contributed by atoms with Gasteiger partial charge in [-0.1, -0.05) is 0 Å². The molecule has 0 bridgehead atoms. The van der Waals surface area contributed by atoms with E-state index in [4.69, 9.17) is 11.3 Å². The first-order chi connectivity index (χ1) is 10.3. The second kappa shape index (κ2) is 11.0. The quantitative estimate of drug-likeness (QED) is 0.550. The molecule has 118 valence electrons. The number of benzene rings is 1. The molecule has 0 aliphatic carbocycles. The molecule has 0 unspecified atom stereocenters. The van der Waals surface area contributed by atoms with Gasteiger partial charge in [0.15, 0.2) is 0 Å². The maximum atomic E-state index is 6.06. The van der Waals surface area contributed by atoms with E-state index in [-0.39, 0.29) is 0 Å². The van der Waals surface area contributed by atoms with Crippen molar-refractivity contribution in [3.05, 3.63) is 40.8 Å². The van der Waals surface area contributed by atoms with E-state index in [9.17, 15) is 0 Å². The maximum absolute atomic E-state index is 6.06. The van der Waals surface area contributed by atoms with Gasteiger partial charge in [0.2, 0.25) is 0 Å². The Kier molecular flexibility index (Phi) is 9.67. The molecule has 0 aliphatic rings. The van der Waals surface area contributed by atoms with Gasteiger partial charge in [0.1, 0.15) is 0 Å². The van der Waals surface area contributed by atoms with Gasteiger partial charge in [0.05, 0.1) is 0 Å². The summed E-state index contributed by atoms with van der Waals surface area (Å²) in [7, 11) is 0. The molecule has 1 aromatic rings. The fourth-order valence-corrected chi connectivity index (χ4v) is 6.80. The van der Waals surface area contributed by atoms with Crippen LogP contribution in [0, 0.1) is 0 Å². The van der Waals surface area contributed by atoms with E-state index in [1.54, 1.807) is 0 Å². The van der Waals surface area contributed by atoms with E-state index in [2.05, 4.69) is 43.9 Å². The Bertz CT molecular complexity index is 371. The van der Waals surface area contributed by atoms with Crippen LogP contribution in [-0.2, 0) is 11.3 Å². The topological polar surface area (TPSA) is 27.7 Å². The Hall–Kier alpha value is -0.617. The monoisotopic (exact) mass is 354 g/mol. The number of hydrogen-bond acceptors (Lipinski definition) is 3. The van der Waals surface area contributed by atoms with Crippen LogP contribution in [0.4, 0.5) is 0 Å². The standard InChI is InChI=1S/C17H28GeO3/c1-4-14-19-18(20-15-5-2,21-16-6-3)13-12-17-10-8-7-9-11-17/h7-13H,4-6,14-16H2,1-3H3. The summed E-state index contributed by atoms with van der Waals surface area (Å²) in [6.45, 7) is 8.38. The molecule has 3 nitrogen and oxygen atoms in total. The molecule has 0 saturated carbocycles. The number of hydrogen-bond donors (Lipinski definition) is 0. The zero-order valence-electron chi connectivity index (χ0n) is 13.5. The van der Waals surface area contributed by atoms with Crippen LogP contribution in [0.25, 0.3) is 6.08 Å². The van der Waals surface area contributed by atoms with Gasteiger partial charge in [-0.3, -0.25) is 0 Å². The van der Waals surface area contributed by atoms with Crippen LogP contribution in [0.15, 0.2) is 35.2 Å². The molecule has 0 amide bonds. The average Bonchev–Trinajstić information content (AvgIpc) is 2.54. The summed E-state index contributed by atoms with van der Waals surface area (Å²) < 4.78 is 18.2. The first-order valence-electron chi connectivity index (χ1n) is 7.92. The third kappa shape index (κ3) is 7.27. The zero-order valence-corrected chi connectivity index (χ0v) is 15.6. The molecule has 0 heterocycles. The summed E-state index contributed by atoms with van der Waals surface area (Å²) in [4.78, 5) is 2.07. The van der Waals surface area contributed by atoms with Crippen molar-refractivity contribution < 1.29 is 11.3 Å². The molecule has 0 spiro atoms. The zero-order chi connectivity index (χ0) is 15.4. The molecular formula is C17H28GeO3. The van der Waals surface area contributed by atoms with E-state index in [1.165, 1.54) is 0 Å². The van der Waals surface area contributed by atoms with E-state index in [0.717, 1.165) is 24.8 Å². The van der Waals surface area contributed by atoms with Gasteiger partial charge in [-0.25, -0.2) is 0 Å². The van der Waals surface area contributed by atoms with Gasteiger partial charge in [-0.2, -0.15) is 0 Å². The van der Waals surface area contributed by atoms with Gasteiger partial charge >= 0.3 is 132 Å². The Morgan fingerprint density at radius 1 is 0.810 bits per heavy atom. The van der Waals surface area contributed by atoms with Crippen molar-refractivity contribution in [3.8, 4) is 0 Å². The van der Waals surface area contributed by atoms with Gasteiger partial charge in [0.25, 0.3) is 0 Å². The van der Waals surface area contributed by atoms with Gasteiger partial charge in [-0.15, -0.1) is 0 Å².